The third-order valence-corrected chi connectivity index (χ3v) is 2.49. The van der Waals surface area contributed by atoms with Crippen LogP contribution in [-0.4, -0.2) is 12.4 Å². The van der Waals surface area contributed by atoms with E-state index in [0.29, 0.717) is 11.0 Å². The molecule has 3 heteroatoms. The summed E-state index contributed by atoms with van der Waals surface area (Å²) in [6.07, 6.45) is 0. The molecule has 0 spiro atoms. The van der Waals surface area contributed by atoms with E-state index in [0.717, 1.165) is 4.90 Å². The molecule has 0 N–H and O–H groups in total. The lowest BCUT2D eigenvalue weighted by Gasteiger charge is -2.06. The summed E-state index contributed by atoms with van der Waals surface area (Å²) in [5, 5.41) is 0.466. The SMILES string of the molecule is COc1ccc(SC(C)C)cc1F. The fourth-order valence-electron chi connectivity index (χ4n) is 0.993. The Morgan fingerprint density at radius 3 is 2.54 bits per heavy atom. The van der Waals surface area contributed by atoms with Crippen molar-refractivity contribution in [2.45, 2.75) is 24.0 Å². The zero-order valence-corrected chi connectivity index (χ0v) is 8.82. The summed E-state index contributed by atoms with van der Waals surface area (Å²) >= 11 is 1.64. The molecule has 0 unspecified atom stereocenters. The lowest BCUT2D eigenvalue weighted by atomic mass is 10.3. The highest BCUT2D eigenvalue weighted by Crippen LogP contribution is 2.27. The Bertz CT molecular complexity index is 286. The molecule has 0 aliphatic heterocycles. The fourth-order valence-corrected chi connectivity index (χ4v) is 1.86. The van der Waals surface area contributed by atoms with Crippen LogP contribution in [0.1, 0.15) is 13.8 Å². The third-order valence-electron chi connectivity index (χ3n) is 1.50. The maximum atomic E-state index is 13.2. The Labute approximate surface area is 82.3 Å². The molecule has 0 saturated carbocycles. The van der Waals surface area contributed by atoms with Gasteiger partial charge in [-0.25, -0.2) is 4.39 Å². The van der Waals surface area contributed by atoms with Gasteiger partial charge in [0.05, 0.1) is 7.11 Å². The number of hydrogen-bond acceptors (Lipinski definition) is 2. The largest absolute Gasteiger partial charge is 0.494 e. The maximum absolute atomic E-state index is 13.2. The Balaban J connectivity index is 2.83. The van der Waals surface area contributed by atoms with Gasteiger partial charge < -0.3 is 4.74 Å². The van der Waals surface area contributed by atoms with Crippen molar-refractivity contribution < 1.29 is 9.13 Å². The molecule has 1 nitrogen and oxygen atoms in total. The quantitative estimate of drug-likeness (QED) is 0.692. The number of methoxy groups -OCH3 is 1. The molecule has 0 bridgehead atoms. The minimum Gasteiger partial charge on any atom is -0.494 e. The number of rotatable bonds is 3. The van der Waals surface area contributed by atoms with Crippen LogP contribution in [0.5, 0.6) is 5.75 Å². The van der Waals surface area contributed by atoms with E-state index in [4.69, 9.17) is 4.74 Å². The second kappa shape index (κ2) is 4.51. The van der Waals surface area contributed by atoms with E-state index in [-0.39, 0.29) is 5.82 Å². The molecule has 1 aromatic carbocycles. The molecular formula is C10H13FOS. The van der Waals surface area contributed by atoms with Crippen molar-refractivity contribution in [3.05, 3.63) is 24.0 Å². The van der Waals surface area contributed by atoms with Gasteiger partial charge in [0, 0.05) is 10.1 Å². The van der Waals surface area contributed by atoms with E-state index in [1.165, 1.54) is 13.2 Å². The van der Waals surface area contributed by atoms with Gasteiger partial charge in [0.1, 0.15) is 0 Å². The summed E-state index contributed by atoms with van der Waals surface area (Å²) in [4.78, 5) is 0.938. The van der Waals surface area contributed by atoms with E-state index >= 15 is 0 Å². The highest BCUT2D eigenvalue weighted by molar-refractivity contribution is 7.99. The average molecular weight is 200 g/mol. The number of benzene rings is 1. The molecule has 0 atom stereocenters. The molecule has 72 valence electrons. The standard InChI is InChI=1S/C10H13FOS/c1-7(2)13-8-4-5-10(12-3)9(11)6-8/h4-7H,1-3H3. The van der Waals surface area contributed by atoms with Crippen molar-refractivity contribution in [2.24, 2.45) is 0 Å². The summed E-state index contributed by atoms with van der Waals surface area (Å²) < 4.78 is 18.0. The van der Waals surface area contributed by atoms with Crippen molar-refractivity contribution in [3.8, 4) is 5.75 Å². The van der Waals surface area contributed by atoms with Crippen molar-refractivity contribution in [2.75, 3.05) is 7.11 Å². The summed E-state index contributed by atoms with van der Waals surface area (Å²) in [5.41, 5.74) is 0. The van der Waals surface area contributed by atoms with Crippen LogP contribution in [0.25, 0.3) is 0 Å². The summed E-state index contributed by atoms with van der Waals surface area (Å²) in [6, 6.07) is 5.02. The molecule has 0 radical (unpaired) electrons. The Morgan fingerprint density at radius 1 is 1.38 bits per heavy atom. The van der Waals surface area contributed by atoms with Crippen molar-refractivity contribution in [1.29, 1.82) is 0 Å². The zero-order chi connectivity index (χ0) is 9.84. The first kappa shape index (κ1) is 10.4. The Morgan fingerprint density at radius 2 is 2.08 bits per heavy atom. The molecule has 0 fully saturated rings. The summed E-state index contributed by atoms with van der Waals surface area (Å²) in [7, 11) is 1.47. The topological polar surface area (TPSA) is 9.23 Å². The Hall–Kier alpha value is -0.700. The molecule has 0 heterocycles. The molecular weight excluding hydrogens is 187 g/mol. The van der Waals surface area contributed by atoms with Gasteiger partial charge in [0.25, 0.3) is 0 Å². The minimum absolute atomic E-state index is 0.298. The van der Waals surface area contributed by atoms with Gasteiger partial charge in [-0.3, -0.25) is 0 Å². The van der Waals surface area contributed by atoms with Gasteiger partial charge in [-0.2, -0.15) is 0 Å². The fraction of sp³-hybridized carbons (Fsp3) is 0.400. The summed E-state index contributed by atoms with van der Waals surface area (Å²) in [5.74, 6) is 0.00116. The lowest BCUT2D eigenvalue weighted by Crippen LogP contribution is -1.90. The highest BCUT2D eigenvalue weighted by atomic mass is 32.2. The molecule has 13 heavy (non-hydrogen) atoms. The minimum atomic E-state index is -0.298. The number of thioether (sulfide) groups is 1. The molecule has 0 amide bonds. The monoisotopic (exact) mass is 200 g/mol. The first-order valence-corrected chi connectivity index (χ1v) is 5.01. The molecule has 0 aromatic heterocycles. The van der Waals surface area contributed by atoms with Crippen LogP contribution >= 0.6 is 11.8 Å². The molecule has 1 aromatic rings. The smallest absolute Gasteiger partial charge is 0.166 e. The van der Waals surface area contributed by atoms with Crippen LogP contribution in [0.4, 0.5) is 4.39 Å². The first-order valence-electron chi connectivity index (χ1n) is 4.13. The van der Waals surface area contributed by atoms with Gasteiger partial charge in [0.2, 0.25) is 0 Å². The zero-order valence-electron chi connectivity index (χ0n) is 8.00. The third kappa shape index (κ3) is 2.92. The molecule has 0 saturated heterocycles. The van der Waals surface area contributed by atoms with Gasteiger partial charge >= 0.3 is 0 Å². The van der Waals surface area contributed by atoms with Gasteiger partial charge in [-0.05, 0) is 18.2 Å². The van der Waals surface area contributed by atoms with Crippen LogP contribution in [0.2, 0.25) is 0 Å². The van der Waals surface area contributed by atoms with Crippen molar-refractivity contribution in [3.63, 3.8) is 0 Å². The summed E-state index contributed by atoms with van der Waals surface area (Å²) in [6.45, 7) is 4.15. The van der Waals surface area contributed by atoms with Gasteiger partial charge in [-0.1, -0.05) is 13.8 Å². The lowest BCUT2D eigenvalue weighted by molar-refractivity contribution is 0.385. The van der Waals surface area contributed by atoms with Crippen LogP contribution in [0, 0.1) is 5.82 Å². The normalized spacial score (nSPS) is 10.5. The molecule has 1 rings (SSSR count). The molecule has 0 aliphatic rings. The van der Waals surface area contributed by atoms with E-state index in [1.54, 1.807) is 17.8 Å². The van der Waals surface area contributed by atoms with Crippen LogP contribution in [-0.2, 0) is 0 Å². The van der Waals surface area contributed by atoms with Crippen molar-refractivity contribution in [1.82, 2.24) is 0 Å². The van der Waals surface area contributed by atoms with Crippen molar-refractivity contribution >= 4 is 11.8 Å². The number of ether oxygens (including phenoxy) is 1. The second-order valence-electron chi connectivity index (χ2n) is 2.96. The van der Waals surface area contributed by atoms with E-state index in [1.807, 2.05) is 6.07 Å². The number of hydrogen-bond donors (Lipinski definition) is 0. The number of halogens is 1. The highest BCUT2D eigenvalue weighted by Gasteiger charge is 2.04. The van der Waals surface area contributed by atoms with Crippen LogP contribution < -0.4 is 4.74 Å². The van der Waals surface area contributed by atoms with Gasteiger partial charge in [-0.15, -0.1) is 11.8 Å². The molecule has 0 aliphatic carbocycles. The predicted molar refractivity (Wildman–Crippen MR) is 53.9 cm³/mol. The Kier molecular flexibility index (Phi) is 3.60. The van der Waals surface area contributed by atoms with Crippen LogP contribution in [0.3, 0.4) is 0 Å². The first-order chi connectivity index (χ1) is 6.13. The van der Waals surface area contributed by atoms with E-state index < -0.39 is 0 Å². The second-order valence-corrected chi connectivity index (χ2v) is 4.61. The van der Waals surface area contributed by atoms with E-state index in [2.05, 4.69) is 13.8 Å². The predicted octanol–water partition coefficient (Wildman–Crippen LogP) is 3.33. The average Bonchev–Trinajstić information content (AvgIpc) is 2.03. The van der Waals surface area contributed by atoms with E-state index in [9.17, 15) is 4.39 Å². The maximum Gasteiger partial charge on any atom is 0.166 e. The van der Waals surface area contributed by atoms with Gasteiger partial charge in [0.15, 0.2) is 11.6 Å². The van der Waals surface area contributed by atoms with Crippen LogP contribution in [0.15, 0.2) is 23.1 Å².